The molecule has 1 fully saturated rings. The Bertz CT molecular complexity index is 373. The molecule has 1 aliphatic heterocycles. The highest BCUT2D eigenvalue weighted by Gasteiger charge is 2.14. The number of benzene rings is 1. The van der Waals surface area contributed by atoms with E-state index in [0.717, 1.165) is 39.2 Å². The van der Waals surface area contributed by atoms with Crippen molar-refractivity contribution in [1.29, 1.82) is 0 Å². The van der Waals surface area contributed by atoms with Gasteiger partial charge in [0.15, 0.2) is 0 Å². The maximum Gasteiger partial charge on any atom is 0.146 e. The van der Waals surface area contributed by atoms with E-state index in [4.69, 9.17) is 4.74 Å². The summed E-state index contributed by atoms with van der Waals surface area (Å²) < 4.78 is 19.0. The Labute approximate surface area is 108 Å². The Morgan fingerprint density at radius 2 is 2.28 bits per heavy atom. The molecule has 1 saturated heterocycles. The third-order valence-electron chi connectivity index (χ3n) is 3.15. The molecule has 0 radical (unpaired) electrons. The van der Waals surface area contributed by atoms with E-state index in [1.165, 1.54) is 6.07 Å². The number of hydrogen-bond acceptors (Lipinski definition) is 3. The lowest BCUT2D eigenvalue weighted by Crippen LogP contribution is -2.34. The first-order valence-electron chi connectivity index (χ1n) is 6.58. The zero-order valence-corrected chi connectivity index (χ0v) is 10.9. The van der Waals surface area contributed by atoms with E-state index in [1.54, 1.807) is 12.1 Å². The van der Waals surface area contributed by atoms with Crippen molar-refractivity contribution in [3.8, 4) is 0 Å². The molecule has 1 N–H and O–H groups in total. The molecule has 1 atom stereocenters. The van der Waals surface area contributed by atoms with Crippen LogP contribution < -0.4 is 5.32 Å². The second-order valence-corrected chi connectivity index (χ2v) is 4.74. The van der Waals surface area contributed by atoms with Crippen LogP contribution in [-0.4, -0.2) is 43.8 Å². The molecule has 100 valence electrons. The molecular formula is C14H21FN2O. The van der Waals surface area contributed by atoms with Gasteiger partial charge in [0.1, 0.15) is 5.82 Å². The molecular weight excluding hydrogens is 231 g/mol. The smallest absolute Gasteiger partial charge is 0.146 e. The summed E-state index contributed by atoms with van der Waals surface area (Å²) in [5.74, 6) is -0.190. The third-order valence-corrected chi connectivity index (χ3v) is 3.15. The van der Waals surface area contributed by atoms with Gasteiger partial charge in [-0.05, 0) is 25.5 Å². The van der Waals surface area contributed by atoms with E-state index in [9.17, 15) is 4.39 Å². The second-order valence-electron chi connectivity index (χ2n) is 4.74. The number of anilines is 1. The average Bonchev–Trinajstić information content (AvgIpc) is 2.56. The van der Waals surface area contributed by atoms with Gasteiger partial charge in [0.25, 0.3) is 0 Å². The number of hydrogen-bond donors (Lipinski definition) is 1. The van der Waals surface area contributed by atoms with Gasteiger partial charge in [-0.25, -0.2) is 4.39 Å². The molecule has 0 saturated carbocycles. The molecule has 1 heterocycles. The Morgan fingerprint density at radius 3 is 3.11 bits per heavy atom. The van der Waals surface area contributed by atoms with E-state index < -0.39 is 0 Å². The van der Waals surface area contributed by atoms with Crippen LogP contribution in [0.15, 0.2) is 24.3 Å². The summed E-state index contributed by atoms with van der Waals surface area (Å²) in [5, 5.41) is 3.14. The summed E-state index contributed by atoms with van der Waals surface area (Å²) >= 11 is 0. The van der Waals surface area contributed by atoms with Crippen LogP contribution in [0.4, 0.5) is 10.1 Å². The van der Waals surface area contributed by atoms with Crippen LogP contribution in [-0.2, 0) is 4.74 Å². The van der Waals surface area contributed by atoms with Crippen molar-refractivity contribution in [2.24, 2.45) is 0 Å². The molecule has 1 aromatic carbocycles. The Balaban J connectivity index is 1.76. The van der Waals surface area contributed by atoms with Gasteiger partial charge in [-0.2, -0.15) is 0 Å². The predicted molar refractivity (Wildman–Crippen MR) is 71.4 cm³/mol. The number of rotatable bonds is 4. The maximum atomic E-state index is 13.4. The first kappa shape index (κ1) is 13.3. The molecule has 1 aromatic rings. The van der Waals surface area contributed by atoms with Crippen LogP contribution in [0.5, 0.6) is 0 Å². The zero-order chi connectivity index (χ0) is 12.8. The fourth-order valence-electron chi connectivity index (χ4n) is 2.24. The van der Waals surface area contributed by atoms with Crippen molar-refractivity contribution in [1.82, 2.24) is 4.90 Å². The molecule has 2 rings (SSSR count). The highest BCUT2D eigenvalue weighted by atomic mass is 19.1. The van der Waals surface area contributed by atoms with Crippen molar-refractivity contribution in [2.75, 3.05) is 38.1 Å². The molecule has 0 bridgehead atoms. The van der Waals surface area contributed by atoms with Crippen molar-refractivity contribution in [3.63, 3.8) is 0 Å². The van der Waals surface area contributed by atoms with Crippen LogP contribution in [0.1, 0.15) is 13.3 Å². The first-order valence-corrected chi connectivity index (χ1v) is 6.58. The average molecular weight is 252 g/mol. The third kappa shape index (κ3) is 3.96. The highest BCUT2D eigenvalue weighted by Crippen LogP contribution is 2.12. The summed E-state index contributed by atoms with van der Waals surface area (Å²) in [7, 11) is 0. The summed E-state index contributed by atoms with van der Waals surface area (Å²) in [6.45, 7) is 6.64. The van der Waals surface area contributed by atoms with Gasteiger partial charge in [0.05, 0.1) is 11.8 Å². The molecule has 0 amide bonds. The standard InChI is InChI=1S/C14H21FN2O/c1-12-11-17(8-4-10-18-12)9-7-16-14-6-3-2-5-13(14)15/h2-3,5-6,12,16H,4,7-11H2,1H3. The highest BCUT2D eigenvalue weighted by molar-refractivity contribution is 5.44. The second kappa shape index (κ2) is 6.71. The molecule has 0 spiro atoms. The van der Waals surface area contributed by atoms with E-state index in [-0.39, 0.29) is 5.82 Å². The summed E-state index contributed by atoms with van der Waals surface area (Å²) in [6, 6.07) is 6.79. The Kier molecular flexibility index (Phi) is 4.96. The van der Waals surface area contributed by atoms with Gasteiger partial charge in [-0.1, -0.05) is 12.1 Å². The van der Waals surface area contributed by atoms with Crippen molar-refractivity contribution >= 4 is 5.69 Å². The molecule has 0 aliphatic carbocycles. The van der Waals surface area contributed by atoms with Crippen LogP contribution >= 0.6 is 0 Å². The molecule has 3 nitrogen and oxygen atoms in total. The Morgan fingerprint density at radius 1 is 1.44 bits per heavy atom. The zero-order valence-electron chi connectivity index (χ0n) is 10.9. The van der Waals surface area contributed by atoms with Gasteiger partial charge in [0.2, 0.25) is 0 Å². The number of nitrogens with zero attached hydrogens (tertiary/aromatic N) is 1. The van der Waals surface area contributed by atoms with E-state index in [1.807, 2.05) is 6.07 Å². The first-order chi connectivity index (χ1) is 8.75. The topological polar surface area (TPSA) is 24.5 Å². The lowest BCUT2D eigenvalue weighted by Gasteiger charge is -2.22. The molecule has 4 heteroatoms. The van der Waals surface area contributed by atoms with Gasteiger partial charge in [-0.15, -0.1) is 0 Å². The number of halogens is 1. The van der Waals surface area contributed by atoms with Crippen LogP contribution in [0, 0.1) is 5.82 Å². The number of para-hydroxylation sites is 1. The summed E-state index contributed by atoms with van der Waals surface area (Å²) in [5.41, 5.74) is 0.580. The van der Waals surface area contributed by atoms with E-state index >= 15 is 0 Å². The van der Waals surface area contributed by atoms with Gasteiger partial charge in [-0.3, -0.25) is 4.90 Å². The fourth-order valence-corrected chi connectivity index (χ4v) is 2.24. The fraction of sp³-hybridized carbons (Fsp3) is 0.571. The van der Waals surface area contributed by atoms with Gasteiger partial charge in [0, 0.05) is 32.8 Å². The molecule has 1 unspecified atom stereocenters. The minimum absolute atomic E-state index is 0.190. The summed E-state index contributed by atoms with van der Waals surface area (Å²) in [4.78, 5) is 2.37. The van der Waals surface area contributed by atoms with E-state index in [2.05, 4.69) is 17.1 Å². The van der Waals surface area contributed by atoms with E-state index in [0.29, 0.717) is 11.8 Å². The lowest BCUT2D eigenvalue weighted by molar-refractivity contribution is 0.0683. The largest absolute Gasteiger partial charge is 0.381 e. The quantitative estimate of drug-likeness (QED) is 0.890. The lowest BCUT2D eigenvalue weighted by atomic mass is 10.3. The summed E-state index contributed by atoms with van der Waals surface area (Å²) in [6.07, 6.45) is 1.37. The molecule has 1 aliphatic rings. The van der Waals surface area contributed by atoms with Crippen LogP contribution in [0.25, 0.3) is 0 Å². The van der Waals surface area contributed by atoms with Gasteiger partial charge >= 0.3 is 0 Å². The number of ether oxygens (including phenoxy) is 1. The van der Waals surface area contributed by atoms with Crippen LogP contribution in [0.2, 0.25) is 0 Å². The van der Waals surface area contributed by atoms with Crippen LogP contribution in [0.3, 0.4) is 0 Å². The predicted octanol–water partition coefficient (Wildman–Crippen LogP) is 2.35. The molecule has 18 heavy (non-hydrogen) atoms. The van der Waals surface area contributed by atoms with Gasteiger partial charge < -0.3 is 10.1 Å². The normalized spacial score (nSPS) is 21.6. The maximum absolute atomic E-state index is 13.4. The minimum atomic E-state index is -0.190. The van der Waals surface area contributed by atoms with Crippen molar-refractivity contribution < 1.29 is 9.13 Å². The SMILES string of the molecule is CC1CN(CCNc2ccccc2F)CCCO1. The minimum Gasteiger partial charge on any atom is -0.381 e. The van der Waals surface area contributed by atoms with Crippen molar-refractivity contribution in [3.05, 3.63) is 30.1 Å². The Hall–Kier alpha value is -1.13. The monoisotopic (exact) mass is 252 g/mol. The molecule has 0 aromatic heterocycles. The van der Waals surface area contributed by atoms with Crippen molar-refractivity contribution in [2.45, 2.75) is 19.4 Å². The number of nitrogens with one attached hydrogen (secondary N) is 1.